The molecule has 3 aliphatic rings. The molecule has 2 saturated carbocycles. The van der Waals surface area contributed by atoms with Gasteiger partial charge in [0.25, 0.3) is 0 Å². The Labute approximate surface area is 215 Å². The minimum Gasteiger partial charge on any atom is -0.369 e. The number of nitrogens with two attached hydrogens (primary N) is 1. The smallest absolute Gasteiger partial charge is 0.237 e. The number of primary amides is 1. The summed E-state index contributed by atoms with van der Waals surface area (Å²) in [4.78, 5) is 37.3. The Balaban J connectivity index is 1.40. The number of anilines is 4. The van der Waals surface area contributed by atoms with Gasteiger partial charge < -0.3 is 21.3 Å². The molecule has 6 rings (SSSR count). The Bertz CT molecular complexity index is 1310. The fourth-order valence-electron chi connectivity index (χ4n) is 5.80. The molecule has 3 aromatic rings. The molecule has 1 aromatic carbocycles. The van der Waals surface area contributed by atoms with E-state index in [0.29, 0.717) is 18.0 Å². The van der Waals surface area contributed by atoms with Crippen molar-refractivity contribution >= 4 is 58.1 Å². The molecule has 5 atom stereocenters. The van der Waals surface area contributed by atoms with Gasteiger partial charge in [0.15, 0.2) is 11.6 Å². The SMILES string of the molecule is NC(=O)[C@H]1[C@H]2C[C@H]3[C@H]1Nc1nc(ncc1F)Nc1cccc(c1)N(Cc1cccs1)C(=O)CS[C@@H]3C2. The second-order valence-electron chi connectivity index (χ2n) is 9.47. The average molecular weight is 525 g/mol. The Hall–Kier alpha value is -3.18. The molecule has 1 aliphatic heterocycles. The molecule has 11 heteroatoms. The minimum absolute atomic E-state index is 0.0158. The number of carbonyl (C=O) groups excluding carboxylic acids is 2. The summed E-state index contributed by atoms with van der Waals surface area (Å²) < 4.78 is 14.7. The van der Waals surface area contributed by atoms with E-state index in [9.17, 15) is 14.0 Å². The second-order valence-corrected chi connectivity index (χ2v) is 11.7. The fourth-order valence-corrected chi connectivity index (χ4v) is 7.92. The standard InChI is InChI=1S/C25H25FN6O2S2/c26-18-10-28-25-29-14-3-1-4-15(9-14)32(11-16-5-2-6-35-16)20(33)12-36-19-8-13-7-17(19)22(21(13)23(27)34)30-24(18)31-25/h1-6,9-10,13,17,19,21-22H,7-8,11-12H2,(H2,27,34)(H2,28,29,30,31)/t13-,17+,19+,21-,22+/m0/s1. The molecule has 0 saturated heterocycles. The monoisotopic (exact) mass is 524 g/mol. The number of amides is 2. The van der Waals surface area contributed by atoms with Crippen LogP contribution in [0.5, 0.6) is 0 Å². The molecule has 2 aliphatic carbocycles. The molecule has 186 valence electrons. The van der Waals surface area contributed by atoms with Crippen LogP contribution in [0.2, 0.25) is 0 Å². The van der Waals surface area contributed by atoms with E-state index in [1.807, 2.05) is 41.8 Å². The third-order valence-corrected chi connectivity index (χ3v) is 9.59. The van der Waals surface area contributed by atoms with E-state index in [-0.39, 0.29) is 46.7 Å². The van der Waals surface area contributed by atoms with Crippen LogP contribution < -0.4 is 21.3 Å². The van der Waals surface area contributed by atoms with Gasteiger partial charge in [0, 0.05) is 27.5 Å². The van der Waals surface area contributed by atoms with E-state index in [1.165, 1.54) is 0 Å². The van der Waals surface area contributed by atoms with Gasteiger partial charge in [0.2, 0.25) is 17.8 Å². The number of hydrogen-bond donors (Lipinski definition) is 3. The number of fused-ring (bicyclic) bond motifs is 5. The van der Waals surface area contributed by atoms with Gasteiger partial charge in [0.05, 0.1) is 24.4 Å². The Morgan fingerprint density at radius 3 is 2.94 bits per heavy atom. The van der Waals surface area contributed by atoms with Gasteiger partial charge in [0.1, 0.15) is 0 Å². The summed E-state index contributed by atoms with van der Waals surface area (Å²) in [5.41, 5.74) is 7.21. The highest BCUT2D eigenvalue weighted by Gasteiger charge is 2.55. The summed E-state index contributed by atoms with van der Waals surface area (Å²) in [5.74, 6) is -0.618. The van der Waals surface area contributed by atoms with E-state index in [0.717, 1.165) is 29.6 Å². The lowest BCUT2D eigenvalue weighted by molar-refractivity contribution is -0.123. The number of hydrogen-bond acceptors (Lipinski definition) is 8. The highest BCUT2D eigenvalue weighted by molar-refractivity contribution is 8.00. The van der Waals surface area contributed by atoms with Crippen LogP contribution in [0.1, 0.15) is 17.7 Å². The van der Waals surface area contributed by atoms with Gasteiger partial charge in [-0.05, 0) is 54.3 Å². The van der Waals surface area contributed by atoms with E-state index in [2.05, 4.69) is 20.6 Å². The highest BCUT2D eigenvalue weighted by Crippen LogP contribution is 2.53. The summed E-state index contributed by atoms with van der Waals surface area (Å²) in [6.07, 6.45) is 2.74. The van der Waals surface area contributed by atoms with E-state index in [4.69, 9.17) is 5.73 Å². The third-order valence-electron chi connectivity index (χ3n) is 7.35. The number of thiophene rings is 1. The number of aromatic nitrogens is 2. The zero-order valence-corrected chi connectivity index (χ0v) is 20.9. The van der Waals surface area contributed by atoms with Gasteiger partial charge in [-0.15, -0.1) is 23.1 Å². The molecular weight excluding hydrogens is 499 g/mol. The lowest BCUT2D eigenvalue weighted by Gasteiger charge is -2.35. The number of nitrogens with zero attached hydrogens (tertiary/aromatic N) is 3. The number of nitrogens with one attached hydrogen (secondary N) is 2. The maximum absolute atomic E-state index is 14.7. The van der Waals surface area contributed by atoms with Crippen LogP contribution in [0.15, 0.2) is 48.0 Å². The van der Waals surface area contributed by atoms with Crippen molar-refractivity contribution in [2.45, 2.75) is 30.7 Å². The third kappa shape index (κ3) is 4.30. The Kier molecular flexibility index (Phi) is 6.04. The first-order valence-electron chi connectivity index (χ1n) is 11.9. The molecule has 2 amide bonds. The van der Waals surface area contributed by atoms with Crippen LogP contribution in [0.25, 0.3) is 0 Å². The van der Waals surface area contributed by atoms with Gasteiger partial charge in [-0.25, -0.2) is 9.37 Å². The normalized spacial score (nSPS) is 27.1. The highest BCUT2D eigenvalue weighted by atomic mass is 32.2. The summed E-state index contributed by atoms with van der Waals surface area (Å²) in [5, 5.41) is 8.48. The van der Waals surface area contributed by atoms with Crippen LogP contribution in [0, 0.1) is 23.6 Å². The van der Waals surface area contributed by atoms with Gasteiger partial charge in [-0.1, -0.05) is 12.1 Å². The summed E-state index contributed by atoms with van der Waals surface area (Å²) >= 11 is 3.23. The molecule has 6 bridgehead atoms. The molecular formula is C25H25FN6O2S2. The van der Waals surface area contributed by atoms with Crippen molar-refractivity contribution in [3.63, 3.8) is 0 Å². The van der Waals surface area contributed by atoms with E-state index in [1.54, 1.807) is 28.0 Å². The topological polar surface area (TPSA) is 113 Å². The van der Waals surface area contributed by atoms with Crippen molar-refractivity contribution in [3.05, 3.63) is 58.7 Å². The molecule has 0 radical (unpaired) electrons. The van der Waals surface area contributed by atoms with Crippen LogP contribution in [0.4, 0.5) is 27.5 Å². The summed E-state index contributed by atoms with van der Waals surface area (Å²) in [6, 6.07) is 11.1. The first-order valence-corrected chi connectivity index (χ1v) is 13.8. The van der Waals surface area contributed by atoms with Crippen molar-refractivity contribution in [1.29, 1.82) is 0 Å². The maximum atomic E-state index is 14.7. The number of benzene rings is 1. The van der Waals surface area contributed by atoms with Crippen LogP contribution in [-0.4, -0.2) is 38.8 Å². The molecule has 36 heavy (non-hydrogen) atoms. The van der Waals surface area contributed by atoms with Crippen molar-refractivity contribution in [2.75, 3.05) is 21.3 Å². The number of thioether (sulfide) groups is 1. The first kappa shape index (κ1) is 23.2. The summed E-state index contributed by atoms with van der Waals surface area (Å²) in [6.45, 7) is 0.475. The van der Waals surface area contributed by atoms with Gasteiger partial charge in [-0.3, -0.25) is 9.59 Å². The lowest BCUT2D eigenvalue weighted by Crippen LogP contribution is -2.46. The van der Waals surface area contributed by atoms with Crippen LogP contribution in [0.3, 0.4) is 0 Å². The molecule has 0 unspecified atom stereocenters. The van der Waals surface area contributed by atoms with Crippen LogP contribution in [-0.2, 0) is 16.1 Å². The fraction of sp³-hybridized carbons (Fsp3) is 0.360. The Morgan fingerprint density at radius 1 is 1.25 bits per heavy atom. The van der Waals surface area contributed by atoms with Crippen molar-refractivity contribution in [3.8, 4) is 0 Å². The maximum Gasteiger partial charge on any atom is 0.237 e. The summed E-state index contributed by atoms with van der Waals surface area (Å²) in [7, 11) is 0. The second kappa shape index (κ2) is 9.36. The van der Waals surface area contributed by atoms with Crippen molar-refractivity contribution < 1.29 is 14.0 Å². The predicted octanol–water partition coefficient (Wildman–Crippen LogP) is 3.99. The molecule has 3 heterocycles. The van der Waals surface area contributed by atoms with Crippen molar-refractivity contribution in [2.24, 2.45) is 23.5 Å². The predicted molar refractivity (Wildman–Crippen MR) is 140 cm³/mol. The number of rotatable bonds is 3. The number of carbonyl (C=O) groups is 2. The van der Waals surface area contributed by atoms with Crippen LogP contribution >= 0.6 is 23.1 Å². The van der Waals surface area contributed by atoms with Gasteiger partial charge in [-0.2, -0.15) is 4.98 Å². The average Bonchev–Trinajstić information content (AvgIpc) is 3.59. The number of halogens is 1. The van der Waals surface area contributed by atoms with Crippen molar-refractivity contribution in [1.82, 2.24) is 9.97 Å². The molecule has 2 fully saturated rings. The molecule has 2 aromatic heterocycles. The minimum atomic E-state index is -0.592. The Morgan fingerprint density at radius 2 is 2.14 bits per heavy atom. The zero-order chi connectivity index (χ0) is 24.8. The zero-order valence-electron chi connectivity index (χ0n) is 19.3. The van der Waals surface area contributed by atoms with E-state index >= 15 is 0 Å². The lowest BCUT2D eigenvalue weighted by atomic mass is 9.83. The van der Waals surface area contributed by atoms with Gasteiger partial charge >= 0.3 is 0 Å². The van der Waals surface area contributed by atoms with E-state index < -0.39 is 11.7 Å². The molecule has 8 nitrogen and oxygen atoms in total. The molecule has 4 N–H and O–H groups in total. The quantitative estimate of drug-likeness (QED) is 0.475. The first-order chi connectivity index (χ1) is 17.5. The largest absolute Gasteiger partial charge is 0.369 e. The molecule has 0 spiro atoms.